The van der Waals surface area contributed by atoms with Gasteiger partial charge in [0.25, 0.3) is 0 Å². The average Bonchev–Trinajstić information content (AvgIpc) is 2.27. The third kappa shape index (κ3) is 1.92. The van der Waals surface area contributed by atoms with Crippen LogP contribution in [0.2, 0.25) is 0 Å². The Labute approximate surface area is 115 Å². The summed E-state index contributed by atoms with van der Waals surface area (Å²) in [4.78, 5) is 11.8. The maximum Gasteiger partial charge on any atom is 0.321 e. The summed E-state index contributed by atoms with van der Waals surface area (Å²) in [5.41, 5.74) is -0.0120. The number of halogens is 3. The van der Waals surface area contributed by atoms with E-state index >= 15 is 0 Å². The third-order valence-corrected chi connectivity index (χ3v) is 3.78. The molecule has 0 amide bonds. The van der Waals surface area contributed by atoms with Gasteiger partial charge in [-0.3, -0.25) is 4.79 Å². The Morgan fingerprint density at radius 2 is 1.88 bits per heavy atom. The van der Waals surface area contributed by atoms with Crippen LogP contribution in [-0.2, 0) is 14.9 Å². The highest BCUT2D eigenvalue weighted by Gasteiger charge is 2.65. The maximum atomic E-state index is 11.8. The molecule has 0 N–H and O–H groups in total. The lowest BCUT2D eigenvalue weighted by molar-refractivity contribution is -0.191. The van der Waals surface area contributed by atoms with Gasteiger partial charge < -0.3 is 4.74 Å². The lowest BCUT2D eigenvalue weighted by Crippen LogP contribution is -2.64. The highest BCUT2D eigenvalue weighted by molar-refractivity contribution is 6.68. The monoisotopic (exact) mass is 292 g/mol. The van der Waals surface area contributed by atoms with Crippen LogP contribution in [0.3, 0.4) is 0 Å². The molecule has 17 heavy (non-hydrogen) atoms. The van der Waals surface area contributed by atoms with Gasteiger partial charge in [-0.15, -0.1) is 0 Å². The highest BCUT2D eigenvalue weighted by Crippen LogP contribution is 2.52. The Kier molecular flexibility index (Phi) is 3.32. The van der Waals surface area contributed by atoms with E-state index in [4.69, 9.17) is 39.5 Å². The molecule has 1 heterocycles. The van der Waals surface area contributed by atoms with E-state index in [1.54, 1.807) is 0 Å². The highest BCUT2D eigenvalue weighted by atomic mass is 35.6. The molecule has 2 atom stereocenters. The molecule has 0 unspecified atom stereocenters. The molecule has 1 aliphatic heterocycles. The number of benzene rings is 1. The second kappa shape index (κ2) is 4.34. The first-order valence-corrected chi connectivity index (χ1v) is 6.39. The zero-order valence-electron chi connectivity index (χ0n) is 9.12. The van der Waals surface area contributed by atoms with E-state index in [0.717, 1.165) is 5.56 Å². The second-order valence-corrected chi connectivity index (χ2v) is 6.39. The van der Waals surface area contributed by atoms with E-state index in [9.17, 15) is 4.79 Å². The summed E-state index contributed by atoms with van der Waals surface area (Å²) in [5.74, 6) is -0.331. The molecular weight excluding hydrogens is 282 g/mol. The third-order valence-electron chi connectivity index (χ3n) is 3.18. The van der Waals surface area contributed by atoms with Gasteiger partial charge in [0, 0.05) is 0 Å². The molecule has 1 aromatic carbocycles. The molecule has 5 heteroatoms. The number of hydrogen-bond donors (Lipinski definition) is 0. The van der Waals surface area contributed by atoms with Crippen LogP contribution in [0, 0.1) is 0 Å². The SMILES string of the molecule is CC[C@@]1(c2ccccc2)C(=O)O[C@@H]1C(Cl)(Cl)Cl. The van der Waals surface area contributed by atoms with Gasteiger partial charge in [-0.2, -0.15) is 0 Å². The van der Waals surface area contributed by atoms with Crippen LogP contribution in [0.25, 0.3) is 0 Å². The zero-order valence-corrected chi connectivity index (χ0v) is 11.4. The van der Waals surface area contributed by atoms with E-state index in [-0.39, 0.29) is 5.97 Å². The van der Waals surface area contributed by atoms with Gasteiger partial charge in [0.2, 0.25) is 3.79 Å². The van der Waals surface area contributed by atoms with Crippen molar-refractivity contribution in [3.8, 4) is 0 Å². The van der Waals surface area contributed by atoms with E-state index in [0.29, 0.717) is 6.42 Å². The van der Waals surface area contributed by atoms with Gasteiger partial charge in [0.1, 0.15) is 5.41 Å². The van der Waals surface area contributed by atoms with E-state index < -0.39 is 15.3 Å². The lowest BCUT2D eigenvalue weighted by Gasteiger charge is -2.49. The molecule has 0 bridgehead atoms. The summed E-state index contributed by atoms with van der Waals surface area (Å²) in [6.07, 6.45) is -0.200. The molecular formula is C12H11Cl3O2. The predicted octanol–water partition coefficient (Wildman–Crippen LogP) is 3.63. The molecule has 0 saturated carbocycles. The number of alkyl halides is 3. The van der Waals surface area contributed by atoms with Crippen molar-refractivity contribution in [2.45, 2.75) is 28.7 Å². The van der Waals surface area contributed by atoms with Crippen molar-refractivity contribution in [2.24, 2.45) is 0 Å². The number of ether oxygens (including phenoxy) is 1. The fraction of sp³-hybridized carbons (Fsp3) is 0.417. The van der Waals surface area contributed by atoms with E-state index in [1.165, 1.54) is 0 Å². The minimum atomic E-state index is -1.61. The van der Waals surface area contributed by atoms with Crippen molar-refractivity contribution in [3.63, 3.8) is 0 Å². The fourth-order valence-electron chi connectivity index (χ4n) is 2.25. The normalized spacial score (nSPS) is 28.5. The van der Waals surface area contributed by atoms with Gasteiger partial charge in [0.15, 0.2) is 6.10 Å². The van der Waals surface area contributed by atoms with Crippen LogP contribution >= 0.6 is 34.8 Å². The zero-order chi connectivity index (χ0) is 12.7. The van der Waals surface area contributed by atoms with Gasteiger partial charge in [-0.1, -0.05) is 72.1 Å². The second-order valence-electron chi connectivity index (χ2n) is 4.02. The topological polar surface area (TPSA) is 26.3 Å². The smallest absolute Gasteiger partial charge is 0.321 e. The minimum absolute atomic E-state index is 0.331. The summed E-state index contributed by atoms with van der Waals surface area (Å²) in [6.45, 7) is 1.89. The van der Waals surface area contributed by atoms with Crippen LogP contribution in [0.4, 0.5) is 0 Å². The van der Waals surface area contributed by atoms with Crippen LogP contribution in [0.5, 0.6) is 0 Å². The lowest BCUT2D eigenvalue weighted by atomic mass is 9.70. The van der Waals surface area contributed by atoms with Crippen molar-refractivity contribution in [1.29, 1.82) is 0 Å². The largest absolute Gasteiger partial charge is 0.455 e. The number of esters is 1. The number of carbonyl (C=O) groups is 1. The average molecular weight is 294 g/mol. The van der Waals surface area contributed by atoms with Crippen molar-refractivity contribution in [1.82, 2.24) is 0 Å². The summed E-state index contributed by atoms with van der Waals surface area (Å²) in [5, 5.41) is 0. The van der Waals surface area contributed by atoms with Crippen molar-refractivity contribution in [3.05, 3.63) is 35.9 Å². The molecule has 0 radical (unpaired) electrons. The first-order chi connectivity index (χ1) is 7.93. The number of carbonyl (C=O) groups excluding carboxylic acids is 1. The van der Waals surface area contributed by atoms with Crippen LogP contribution < -0.4 is 0 Å². The van der Waals surface area contributed by atoms with Gasteiger partial charge in [0.05, 0.1) is 0 Å². The predicted molar refractivity (Wildman–Crippen MR) is 68.6 cm³/mol. The van der Waals surface area contributed by atoms with Gasteiger partial charge in [-0.25, -0.2) is 0 Å². The van der Waals surface area contributed by atoms with Crippen molar-refractivity contribution >= 4 is 40.8 Å². The van der Waals surface area contributed by atoms with Gasteiger partial charge in [-0.05, 0) is 12.0 Å². The molecule has 2 nitrogen and oxygen atoms in total. The summed E-state index contributed by atoms with van der Waals surface area (Å²) in [6, 6.07) is 9.30. The Bertz CT molecular complexity index is 427. The summed E-state index contributed by atoms with van der Waals surface area (Å²) < 4.78 is 3.42. The maximum absolute atomic E-state index is 11.8. The van der Waals surface area contributed by atoms with E-state index in [1.807, 2.05) is 37.3 Å². The molecule has 1 aliphatic rings. The first kappa shape index (κ1) is 13.0. The Balaban J connectivity index is 2.47. The Morgan fingerprint density at radius 3 is 2.29 bits per heavy atom. The molecule has 1 saturated heterocycles. The fourth-order valence-corrected chi connectivity index (χ4v) is 2.94. The quantitative estimate of drug-likeness (QED) is 0.615. The molecule has 0 aliphatic carbocycles. The standard InChI is InChI=1S/C12H11Cl3O2/c1-2-11(8-6-4-3-5-7-8)9(12(13,14)15)17-10(11)16/h3-7,9H,2H2,1H3/t9-,11-/m0/s1. The van der Waals surface area contributed by atoms with E-state index in [2.05, 4.69) is 0 Å². The Morgan fingerprint density at radius 1 is 1.29 bits per heavy atom. The number of hydrogen-bond acceptors (Lipinski definition) is 2. The molecule has 0 spiro atoms. The van der Waals surface area contributed by atoms with Gasteiger partial charge >= 0.3 is 5.97 Å². The van der Waals surface area contributed by atoms with Crippen LogP contribution in [-0.4, -0.2) is 15.9 Å². The molecule has 1 aromatic rings. The van der Waals surface area contributed by atoms with Crippen LogP contribution in [0.1, 0.15) is 18.9 Å². The number of rotatable bonds is 2. The summed E-state index contributed by atoms with van der Waals surface area (Å²) in [7, 11) is 0. The first-order valence-electron chi connectivity index (χ1n) is 5.26. The molecule has 1 fully saturated rings. The minimum Gasteiger partial charge on any atom is -0.455 e. The number of cyclic esters (lactones) is 1. The molecule has 2 rings (SSSR count). The van der Waals surface area contributed by atoms with Crippen molar-refractivity contribution in [2.75, 3.05) is 0 Å². The molecule has 0 aromatic heterocycles. The van der Waals surface area contributed by atoms with Crippen molar-refractivity contribution < 1.29 is 9.53 Å². The molecule has 92 valence electrons. The Hall–Kier alpha value is -0.440. The van der Waals surface area contributed by atoms with Crippen LogP contribution in [0.15, 0.2) is 30.3 Å². The summed E-state index contributed by atoms with van der Waals surface area (Å²) >= 11 is 17.6.